The first-order chi connectivity index (χ1) is 14.8. The summed E-state index contributed by atoms with van der Waals surface area (Å²) in [7, 11) is 0. The van der Waals surface area contributed by atoms with E-state index in [0.29, 0.717) is 28.3 Å². The molecule has 0 heterocycles. The van der Waals surface area contributed by atoms with Gasteiger partial charge in [0.2, 0.25) is 0 Å². The van der Waals surface area contributed by atoms with Gasteiger partial charge in [0, 0.05) is 16.1 Å². The second-order valence-corrected chi connectivity index (χ2v) is 7.15. The van der Waals surface area contributed by atoms with E-state index in [-0.39, 0.29) is 18.8 Å². The number of benzene rings is 2. The molecule has 0 amide bonds. The summed E-state index contributed by atoms with van der Waals surface area (Å²) >= 11 is 5.84. The molecule has 2 aromatic carbocycles. The molecular weight excluding hydrogens is 424 g/mol. The molecule has 2 rings (SSSR count). The van der Waals surface area contributed by atoms with Crippen molar-refractivity contribution >= 4 is 35.1 Å². The topological polar surface area (TPSA) is 96.0 Å². The molecule has 0 spiro atoms. The van der Waals surface area contributed by atoms with E-state index in [2.05, 4.69) is 4.74 Å². The van der Waals surface area contributed by atoms with Gasteiger partial charge < -0.3 is 14.2 Å². The Morgan fingerprint density at radius 2 is 1.48 bits per heavy atom. The Bertz CT molecular complexity index is 920. The van der Waals surface area contributed by atoms with Gasteiger partial charge in [0.1, 0.15) is 11.9 Å². The van der Waals surface area contributed by atoms with E-state index in [1.165, 1.54) is 0 Å². The standard InChI is InChI=1S/C23H23ClO7/c1-3-12-29-23(28)20(25)14-30-21(26)13-15(2)31-19-10-6-17(7-11-19)22(27)16-4-8-18(24)9-5-16/h4-11,15H,3,12-14H2,1-2H3. The van der Waals surface area contributed by atoms with Gasteiger partial charge in [0.25, 0.3) is 5.78 Å². The fraction of sp³-hybridized carbons (Fsp3) is 0.304. The van der Waals surface area contributed by atoms with Crippen LogP contribution in [0.25, 0.3) is 0 Å². The molecule has 31 heavy (non-hydrogen) atoms. The first-order valence-corrected chi connectivity index (χ1v) is 10.1. The predicted molar refractivity (Wildman–Crippen MR) is 113 cm³/mol. The van der Waals surface area contributed by atoms with Gasteiger partial charge in [-0.25, -0.2) is 4.79 Å². The van der Waals surface area contributed by atoms with E-state index in [0.717, 1.165) is 0 Å². The average Bonchev–Trinajstić information content (AvgIpc) is 2.76. The zero-order valence-electron chi connectivity index (χ0n) is 17.3. The lowest BCUT2D eigenvalue weighted by Gasteiger charge is -2.14. The van der Waals surface area contributed by atoms with Crippen molar-refractivity contribution in [3.63, 3.8) is 0 Å². The third-order valence-corrected chi connectivity index (χ3v) is 4.30. The highest BCUT2D eigenvalue weighted by Gasteiger charge is 2.19. The van der Waals surface area contributed by atoms with Gasteiger partial charge >= 0.3 is 11.9 Å². The minimum Gasteiger partial charge on any atom is -0.490 e. The van der Waals surface area contributed by atoms with E-state index < -0.39 is 30.4 Å². The molecule has 2 aromatic rings. The molecule has 0 radical (unpaired) electrons. The average molecular weight is 447 g/mol. The van der Waals surface area contributed by atoms with E-state index in [4.69, 9.17) is 21.1 Å². The van der Waals surface area contributed by atoms with Crippen molar-refractivity contribution in [1.29, 1.82) is 0 Å². The lowest BCUT2D eigenvalue weighted by Crippen LogP contribution is -2.26. The number of carbonyl (C=O) groups is 4. The number of esters is 2. The molecule has 1 atom stereocenters. The monoisotopic (exact) mass is 446 g/mol. The summed E-state index contributed by atoms with van der Waals surface area (Å²) in [6, 6.07) is 13.1. The van der Waals surface area contributed by atoms with Crippen LogP contribution in [0.2, 0.25) is 5.02 Å². The van der Waals surface area contributed by atoms with E-state index >= 15 is 0 Å². The zero-order valence-corrected chi connectivity index (χ0v) is 18.0. The maximum Gasteiger partial charge on any atom is 0.378 e. The summed E-state index contributed by atoms with van der Waals surface area (Å²) in [4.78, 5) is 47.2. The van der Waals surface area contributed by atoms with Crippen LogP contribution in [0.4, 0.5) is 0 Å². The predicted octanol–water partition coefficient (Wildman–Crippen LogP) is 3.79. The molecule has 0 N–H and O–H groups in total. The third kappa shape index (κ3) is 7.86. The van der Waals surface area contributed by atoms with Crippen molar-refractivity contribution in [3.8, 4) is 5.75 Å². The number of halogens is 1. The van der Waals surface area contributed by atoms with E-state index in [9.17, 15) is 19.2 Å². The highest BCUT2D eigenvalue weighted by molar-refractivity contribution is 6.34. The maximum atomic E-state index is 12.5. The molecule has 0 saturated carbocycles. The van der Waals surface area contributed by atoms with Crippen LogP contribution in [0.15, 0.2) is 48.5 Å². The van der Waals surface area contributed by atoms with Crippen LogP contribution in [0.1, 0.15) is 42.6 Å². The molecule has 0 fully saturated rings. The largest absolute Gasteiger partial charge is 0.490 e. The first kappa shape index (κ1) is 24.1. The van der Waals surface area contributed by atoms with Crippen molar-refractivity contribution in [3.05, 3.63) is 64.7 Å². The fourth-order valence-electron chi connectivity index (χ4n) is 2.50. The first-order valence-electron chi connectivity index (χ1n) is 9.72. The Morgan fingerprint density at radius 1 is 0.903 bits per heavy atom. The SMILES string of the molecule is CCCOC(=O)C(=O)COC(=O)CC(C)Oc1ccc(C(=O)c2ccc(Cl)cc2)cc1. The summed E-state index contributed by atoms with van der Waals surface area (Å²) in [5.41, 5.74) is 0.998. The lowest BCUT2D eigenvalue weighted by molar-refractivity contribution is -0.159. The van der Waals surface area contributed by atoms with Gasteiger partial charge in [-0.15, -0.1) is 0 Å². The van der Waals surface area contributed by atoms with Crippen LogP contribution in [-0.2, 0) is 23.9 Å². The molecule has 0 bridgehead atoms. The quantitative estimate of drug-likeness (QED) is 0.294. The van der Waals surface area contributed by atoms with Crippen molar-refractivity contribution in [2.24, 2.45) is 0 Å². The number of hydrogen-bond donors (Lipinski definition) is 0. The molecule has 164 valence electrons. The smallest absolute Gasteiger partial charge is 0.378 e. The molecule has 8 heteroatoms. The van der Waals surface area contributed by atoms with Crippen LogP contribution in [0.3, 0.4) is 0 Å². The van der Waals surface area contributed by atoms with Gasteiger partial charge in [-0.2, -0.15) is 0 Å². The summed E-state index contributed by atoms with van der Waals surface area (Å²) < 4.78 is 15.1. The summed E-state index contributed by atoms with van der Waals surface area (Å²) in [6.45, 7) is 2.92. The van der Waals surface area contributed by atoms with Crippen LogP contribution in [0, 0.1) is 0 Å². The summed E-state index contributed by atoms with van der Waals surface area (Å²) in [5, 5.41) is 0.550. The van der Waals surface area contributed by atoms with Gasteiger partial charge in [0.05, 0.1) is 13.0 Å². The van der Waals surface area contributed by atoms with Crippen LogP contribution in [-0.4, -0.2) is 42.8 Å². The van der Waals surface area contributed by atoms with Crippen LogP contribution in [0.5, 0.6) is 5.75 Å². The number of Topliss-reactive ketones (excluding diaryl/α,β-unsaturated/α-hetero) is 1. The molecule has 0 aromatic heterocycles. The fourth-order valence-corrected chi connectivity index (χ4v) is 2.63. The van der Waals surface area contributed by atoms with Crippen LogP contribution >= 0.6 is 11.6 Å². The number of hydrogen-bond acceptors (Lipinski definition) is 7. The van der Waals surface area contributed by atoms with Crippen LogP contribution < -0.4 is 4.74 Å². The normalized spacial score (nSPS) is 11.3. The minimum absolute atomic E-state index is 0.122. The van der Waals surface area contributed by atoms with Gasteiger partial charge in [-0.05, 0) is 61.9 Å². The number of ketones is 2. The molecule has 0 aliphatic carbocycles. The molecule has 7 nitrogen and oxygen atoms in total. The highest BCUT2D eigenvalue weighted by Crippen LogP contribution is 2.18. The van der Waals surface area contributed by atoms with Crippen molar-refractivity contribution in [2.75, 3.05) is 13.2 Å². The Morgan fingerprint density at radius 3 is 2.06 bits per heavy atom. The highest BCUT2D eigenvalue weighted by atomic mass is 35.5. The van der Waals surface area contributed by atoms with Gasteiger partial charge in [-0.1, -0.05) is 18.5 Å². The third-order valence-electron chi connectivity index (χ3n) is 4.04. The van der Waals surface area contributed by atoms with Crippen molar-refractivity contribution < 1.29 is 33.4 Å². The summed E-state index contributed by atoms with van der Waals surface area (Å²) in [5.74, 6) is -2.31. The van der Waals surface area contributed by atoms with E-state index in [1.807, 2.05) is 0 Å². The Labute approximate surface area is 185 Å². The molecule has 0 saturated heterocycles. The number of carbonyl (C=O) groups excluding carboxylic acids is 4. The molecule has 1 unspecified atom stereocenters. The zero-order chi connectivity index (χ0) is 22.8. The van der Waals surface area contributed by atoms with Gasteiger partial charge in [0.15, 0.2) is 12.4 Å². The van der Waals surface area contributed by atoms with E-state index in [1.54, 1.807) is 62.4 Å². The maximum absolute atomic E-state index is 12.5. The van der Waals surface area contributed by atoms with Crippen molar-refractivity contribution in [2.45, 2.75) is 32.8 Å². The van der Waals surface area contributed by atoms with Crippen molar-refractivity contribution in [1.82, 2.24) is 0 Å². The second kappa shape index (κ2) is 11.9. The molecular formula is C23H23ClO7. The molecule has 0 aliphatic heterocycles. The Balaban J connectivity index is 1.81. The second-order valence-electron chi connectivity index (χ2n) is 6.71. The Kier molecular flexibility index (Phi) is 9.21. The number of ether oxygens (including phenoxy) is 3. The number of rotatable bonds is 11. The summed E-state index contributed by atoms with van der Waals surface area (Å²) in [6.07, 6.45) is -0.0837. The van der Waals surface area contributed by atoms with Gasteiger partial charge in [-0.3, -0.25) is 14.4 Å². The minimum atomic E-state index is -1.02. The lowest BCUT2D eigenvalue weighted by atomic mass is 10.0. The Hall–Kier alpha value is -3.19. The molecule has 0 aliphatic rings.